The number of aromatic nitrogens is 2. The smallest absolute Gasteiger partial charge is 0.301 e. The van der Waals surface area contributed by atoms with Crippen LogP contribution in [-0.2, 0) is 17.3 Å². The van der Waals surface area contributed by atoms with Gasteiger partial charge >= 0.3 is 10.2 Å². The van der Waals surface area contributed by atoms with E-state index >= 15 is 0 Å². The van der Waals surface area contributed by atoms with Gasteiger partial charge in [0.2, 0.25) is 0 Å². The number of anilines is 3. The molecule has 8 nitrogen and oxygen atoms in total. The van der Waals surface area contributed by atoms with Crippen LogP contribution < -0.4 is 15.6 Å². The Morgan fingerprint density at radius 3 is 2.42 bits per heavy atom. The highest BCUT2D eigenvalue weighted by Crippen LogP contribution is 2.37. The van der Waals surface area contributed by atoms with Crippen molar-refractivity contribution in [3.63, 3.8) is 0 Å². The molecule has 2 N–H and O–H groups in total. The summed E-state index contributed by atoms with van der Waals surface area (Å²) < 4.78 is 70.7. The van der Waals surface area contributed by atoms with Crippen molar-refractivity contribution in [3.05, 3.63) is 57.3 Å². The van der Waals surface area contributed by atoms with E-state index < -0.39 is 41.5 Å². The predicted molar refractivity (Wildman–Crippen MR) is 120 cm³/mol. The van der Waals surface area contributed by atoms with Gasteiger partial charge in [0.05, 0.1) is 33.6 Å². The molecule has 0 spiro atoms. The first-order chi connectivity index (χ1) is 15.5. The fraction of sp³-hybridized carbons (Fsp3) is 0.300. The van der Waals surface area contributed by atoms with Gasteiger partial charge in [-0.15, -0.1) is 0 Å². The van der Waals surface area contributed by atoms with E-state index in [9.17, 15) is 26.4 Å². The quantitative estimate of drug-likeness (QED) is 0.558. The van der Waals surface area contributed by atoms with Gasteiger partial charge < -0.3 is 9.88 Å². The maximum Gasteiger partial charge on any atom is 0.301 e. The van der Waals surface area contributed by atoms with Gasteiger partial charge in [0.25, 0.3) is 5.56 Å². The van der Waals surface area contributed by atoms with Crippen molar-refractivity contribution in [1.82, 2.24) is 13.9 Å². The zero-order valence-corrected chi connectivity index (χ0v) is 19.0. The predicted octanol–water partition coefficient (Wildman–Crippen LogP) is 3.43. The number of aryl methyl sites for hydroxylation is 2. The zero-order valence-electron chi connectivity index (χ0n) is 17.4. The molecule has 176 valence electrons. The largest absolute Gasteiger partial charge is 0.352 e. The van der Waals surface area contributed by atoms with Crippen molar-refractivity contribution < 1.29 is 21.6 Å². The van der Waals surface area contributed by atoms with Crippen LogP contribution in [0.4, 0.5) is 30.2 Å². The summed E-state index contributed by atoms with van der Waals surface area (Å²) in [6, 6.07) is 5.26. The highest BCUT2D eigenvalue weighted by atomic mass is 35.5. The Bertz CT molecular complexity index is 1410. The zero-order chi connectivity index (χ0) is 24.1. The molecule has 13 heteroatoms. The topological polar surface area (TPSA) is 96.3 Å². The summed E-state index contributed by atoms with van der Waals surface area (Å²) in [5.74, 6) is -0.782. The van der Waals surface area contributed by atoms with Crippen LogP contribution >= 0.6 is 11.6 Å². The van der Waals surface area contributed by atoms with Crippen LogP contribution in [0.25, 0.3) is 10.9 Å². The molecule has 0 saturated carbocycles. The van der Waals surface area contributed by atoms with Crippen molar-refractivity contribution in [2.24, 2.45) is 7.05 Å². The molecule has 2 aromatic carbocycles. The fourth-order valence-corrected chi connectivity index (χ4v) is 5.12. The summed E-state index contributed by atoms with van der Waals surface area (Å²) in [4.78, 5) is 16.7. The molecule has 0 bridgehead atoms. The van der Waals surface area contributed by atoms with E-state index in [1.165, 1.54) is 10.9 Å². The standard InChI is InChI=1S/C20H19ClF3N5O3S/c1-10-14(5-6-15-17(10)20(30)28(2)9-25-15)26-19-11(22)3-4-16(18(19)21)27-33(31,32)29-7-12(23)13(24)8-29/h3-6,9,12-13,26-27H,7-8H2,1-2H3/t12-,13-/m0/s1. The van der Waals surface area contributed by atoms with E-state index in [1.807, 2.05) is 0 Å². The first-order valence-electron chi connectivity index (χ1n) is 9.75. The second-order valence-electron chi connectivity index (χ2n) is 7.66. The second kappa shape index (κ2) is 8.50. The van der Waals surface area contributed by atoms with Crippen LogP contribution in [-0.4, -0.2) is 47.7 Å². The molecule has 4 rings (SSSR count). The van der Waals surface area contributed by atoms with Gasteiger partial charge in [-0.3, -0.25) is 9.52 Å². The van der Waals surface area contributed by atoms with Crippen molar-refractivity contribution in [1.29, 1.82) is 0 Å². The number of nitrogens with one attached hydrogen (secondary N) is 2. The van der Waals surface area contributed by atoms with E-state index in [2.05, 4.69) is 15.0 Å². The third-order valence-corrected chi connectivity index (χ3v) is 7.27. The summed E-state index contributed by atoms with van der Waals surface area (Å²) >= 11 is 6.29. The van der Waals surface area contributed by atoms with Gasteiger partial charge in [-0.25, -0.2) is 18.2 Å². The lowest BCUT2D eigenvalue weighted by atomic mass is 10.1. The highest BCUT2D eigenvalue weighted by molar-refractivity contribution is 7.90. The number of halogens is 4. The highest BCUT2D eigenvalue weighted by Gasteiger charge is 2.39. The average molecular weight is 502 g/mol. The van der Waals surface area contributed by atoms with E-state index in [0.29, 0.717) is 26.5 Å². The van der Waals surface area contributed by atoms with Crippen LogP contribution in [0.2, 0.25) is 5.02 Å². The minimum absolute atomic E-state index is 0.186. The lowest BCUT2D eigenvalue weighted by Crippen LogP contribution is -2.34. The Morgan fingerprint density at radius 1 is 1.12 bits per heavy atom. The van der Waals surface area contributed by atoms with Gasteiger partial charge in [0.1, 0.15) is 18.2 Å². The van der Waals surface area contributed by atoms with E-state index in [4.69, 9.17) is 11.6 Å². The molecule has 0 amide bonds. The maximum atomic E-state index is 14.6. The van der Waals surface area contributed by atoms with Gasteiger partial charge in [0, 0.05) is 25.8 Å². The molecule has 0 radical (unpaired) electrons. The molecule has 1 aliphatic rings. The Balaban J connectivity index is 1.69. The molecular formula is C20H19ClF3N5O3S. The average Bonchev–Trinajstić information content (AvgIpc) is 3.11. The molecular weight excluding hydrogens is 483 g/mol. The molecule has 2 heterocycles. The van der Waals surface area contributed by atoms with Crippen LogP contribution in [0.3, 0.4) is 0 Å². The van der Waals surface area contributed by atoms with Gasteiger partial charge in [-0.05, 0) is 36.8 Å². The number of hydrogen-bond donors (Lipinski definition) is 2. The third kappa shape index (κ3) is 4.25. The molecule has 1 saturated heterocycles. The van der Waals surface area contributed by atoms with Gasteiger partial charge in [0.15, 0.2) is 0 Å². The Hall–Kier alpha value is -2.83. The maximum absolute atomic E-state index is 14.6. The van der Waals surface area contributed by atoms with E-state index in [1.54, 1.807) is 26.1 Å². The molecule has 0 unspecified atom stereocenters. The summed E-state index contributed by atoms with van der Waals surface area (Å²) in [5.41, 5.74) is 0.577. The SMILES string of the molecule is Cc1c(Nc2c(F)ccc(NS(=O)(=O)N3C[C@H](F)[C@@H](F)C3)c2Cl)ccc2ncn(C)c(=O)c12. The number of fused-ring (bicyclic) bond motifs is 1. The number of nitrogens with zero attached hydrogens (tertiary/aromatic N) is 3. The number of rotatable bonds is 5. The summed E-state index contributed by atoms with van der Waals surface area (Å²) in [5, 5.41) is 2.83. The molecule has 1 aliphatic heterocycles. The molecule has 1 aromatic heterocycles. The third-order valence-electron chi connectivity index (χ3n) is 5.43. The first-order valence-corrected chi connectivity index (χ1v) is 11.6. The molecule has 2 atom stereocenters. The van der Waals surface area contributed by atoms with Crippen LogP contribution in [0.15, 0.2) is 35.4 Å². The van der Waals surface area contributed by atoms with E-state index in [-0.39, 0.29) is 22.0 Å². The van der Waals surface area contributed by atoms with Gasteiger partial charge in [-0.1, -0.05) is 11.6 Å². The van der Waals surface area contributed by atoms with Crippen LogP contribution in [0, 0.1) is 12.7 Å². The number of benzene rings is 2. The fourth-order valence-electron chi connectivity index (χ4n) is 3.56. The van der Waals surface area contributed by atoms with E-state index in [0.717, 1.165) is 12.1 Å². The monoisotopic (exact) mass is 501 g/mol. The molecule has 0 aliphatic carbocycles. The summed E-state index contributed by atoms with van der Waals surface area (Å²) in [6.07, 6.45) is -2.47. The van der Waals surface area contributed by atoms with Crippen molar-refractivity contribution in [3.8, 4) is 0 Å². The Morgan fingerprint density at radius 2 is 1.76 bits per heavy atom. The molecule has 33 heavy (non-hydrogen) atoms. The second-order valence-corrected chi connectivity index (χ2v) is 9.71. The van der Waals surface area contributed by atoms with Crippen LogP contribution in [0.5, 0.6) is 0 Å². The number of hydrogen-bond acceptors (Lipinski definition) is 5. The molecule has 1 fully saturated rings. The number of alkyl halides is 2. The summed E-state index contributed by atoms with van der Waals surface area (Å²) in [7, 11) is -2.78. The lowest BCUT2D eigenvalue weighted by molar-refractivity contribution is 0.217. The Kier molecular flexibility index (Phi) is 6.01. The van der Waals surface area contributed by atoms with Gasteiger partial charge in [-0.2, -0.15) is 12.7 Å². The molecule has 3 aromatic rings. The lowest BCUT2D eigenvalue weighted by Gasteiger charge is -2.19. The van der Waals surface area contributed by atoms with Crippen molar-refractivity contribution in [2.45, 2.75) is 19.3 Å². The van der Waals surface area contributed by atoms with Crippen molar-refractivity contribution >= 4 is 49.8 Å². The first kappa shape index (κ1) is 23.3. The minimum Gasteiger partial charge on any atom is -0.352 e. The van der Waals surface area contributed by atoms with Crippen molar-refractivity contribution in [2.75, 3.05) is 23.1 Å². The summed E-state index contributed by atoms with van der Waals surface area (Å²) in [6.45, 7) is 0.375. The normalized spacial score (nSPS) is 19.2. The minimum atomic E-state index is -4.33. The Labute approximate surface area is 192 Å². The van der Waals surface area contributed by atoms with Crippen LogP contribution in [0.1, 0.15) is 5.56 Å².